The predicted octanol–water partition coefficient (Wildman–Crippen LogP) is 3.82. The summed E-state index contributed by atoms with van der Waals surface area (Å²) in [6.45, 7) is 0. The van der Waals surface area contributed by atoms with E-state index in [2.05, 4.69) is 11.1 Å². The molecule has 2 unspecified atom stereocenters. The van der Waals surface area contributed by atoms with E-state index >= 15 is 0 Å². The number of hydrogen-bond donors (Lipinski definition) is 1. The summed E-state index contributed by atoms with van der Waals surface area (Å²) >= 11 is 1.56. The molecule has 0 saturated heterocycles. The molecule has 1 saturated carbocycles. The molecule has 126 valence electrons. The number of aliphatic imine (C=N–C) groups is 1. The molecule has 25 heavy (non-hydrogen) atoms. The van der Waals surface area contributed by atoms with Gasteiger partial charge in [-0.3, -0.25) is 9.98 Å². The van der Waals surface area contributed by atoms with Crippen LogP contribution in [-0.2, 0) is 5.54 Å². The topological polar surface area (TPSA) is 75.1 Å². The zero-order valence-corrected chi connectivity index (χ0v) is 14.4. The minimum atomic E-state index is -0.560. The lowest BCUT2D eigenvalue weighted by Crippen LogP contribution is -2.37. The van der Waals surface area contributed by atoms with Gasteiger partial charge in [0.25, 0.3) is 0 Å². The Labute approximate surface area is 150 Å². The summed E-state index contributed by atoms with van der Waals surface area (Å²) in [4.78, 5) is 8.83. The first-order valence-electron chi connectivity index (χ1n) is 8.26. The second kappa shape index (κ2) is 6.16. The molecule has 0 bridgehead atoms. The lowest BCUT2D eigenvalue weighted by Gasteiger charge is -2.36. The van der Waals surface area contributed by atoms with Crippen LogP contribution in [0.2, 0.25) is 0 Å². The first kappa shape index (κ1) is 16.1. The summed E-state index contributed by atoms with van der Waals surface area (Å²) in [6.07, 6.45) is 6.09. The maximum absolute atomic E-state index is 14.8. The number of amidine groups is 1. The van der Waals surface area contributed by atoms with Crippen molar-refractivity contribution in [2.75, 3.05) is 5.75 Å². The fraction of sp³-hybridized carbons (Fsp3) is 0.316. The average molecular weight is 352 g/mol. The summed E-state index contributed by atoms with van der Waals surface area (Å²) in [6, 6.07) is 8.93. The van der Waals surface area contributed by atoms with Crippen LogP contribution in [0.15, 0.2) is 41.7 Å². The molecule has 2 aliphatic rings. The number of benzene rings is 1. The standard InChI is InChI=1S/C19H17FN4S/c20-17-4-3-13(14-6-12(8-21)9-23-10-14)7-16(17)19-5-1-2-15(19)11-25-18(22)24-19/h3-4,6-7,9-10,15H,1-2,5,11H2,(H2,22,24). The van der Waals surface area contributed by atoms with Crippen LogP contribution in [0.4, 0.5) is 4.39 Å². The molecule has 0 spiro atoms. The summed E-state index contributed by atoms with van der Waals surface area (Å²) in [7, 11) is 0. The number of pyridine rings is 1. The third-order valence-electron chi connectivity index (χ3n) is 5.16. The monoisotopic (exact) mass is 352 g/mol. The van der Waals surface area contributed by atoms with Crippen molar-refractivity contribution < 1.29 is 4.39 Å². The van der Waals surface area contributed by atoms with Crippen LogP contribution in [0.5, 0.6) is 0 Å². The van der Waals surface area contributed by atoms with E-state index in [-0.39, 0.29) is 5.82 Å². The number of aromatic nitrogens is 1. The van der Waals surface area contributed by atoms with E-state index in [4.69, 9.17) is 16.0 Å². The van der Waals surface area contributed by atoms with Crippen LogP contribution < -0.4 is 5.73 Å². The first-order valence-corrected chi connectivity index (χ1v) is 9.24. The van der Waals surface area contributed by atoms with Gasteiger partial charge in [0.15, 0.2) is 5.17 Å². The molecule has 2 N–H and O–H groups in total. The van der Waals surface area contributed by atoms with Gasteiger partial charge >= 0.3 is 0 Å². The van der Waals surface area contributed by atoms with Gasteiger partial charge in [0.1, 0.15) is 11.9 Å². The van der Waals surface area contributed by atoms with E-state index in [0.29, 0.717) is 22.2 Å². The predicted molar refractivity (Wildman–Crippen MR) is 97.4 cm³/mol. The van der Waals surface area contributed by atoms with Gasteiger partial charge in [-0.15, -0.1) is 0 Å². The number of nitrogens with zero attached hydrogens (tertiary/aromatic N) is 3. The van der Waals surface area contributed by atoms with Gasteiger partial charge in [0.05, 0.1) is 11.1 Å². The van der Waals surface area contributed by atoms with Crippen LogP contribution in [0, 0.1) is 23.1 Å². The number of nitrogens with two attached hydrogens (primary N) is 1. The van der Waals surface area contributed by atoms with Gasteiger partial charge in [-0.05, 0) is 42.5 Å². The Kier molecular flexibility index (Phi) is 3.97. The third-order valence-corrected chi connectivity index (χ3v) is 6.12. The maximum atomic E-state index is 14.8. The molecule has 2 heterocycles. The van der Waals surface area contributed by atoms with E-state index in [9.17, 15) is 4.39 Å². The van der Waals surface area contributed by atoms with Gasteiger partial charge in [-0.2, -0.15) is 5.26 Å². The average Bonchev–Trinajstić information content (AvgIpc) is 3.06. The van der Waals surface area contributed by atoms with Crippen LogP contribution >= 0.6 is 11.8 Å². The molecule has 1 aromatic carbocycles. The molecule has 2 aromatic rings. The van der Waals surface area contributed by atoms with Crippen molar-refractivity contribution in [1.82, 2.24) is 4.98 Å². The number of halogens is 1. The van der Waals surface area contributed by atoms with E-state index in [1.807, 2.05) is 6.07 Å². The van der Waals surface area contributed by atoms with E-state index in [0.717, 1.165) is 36.1 Å². The quantitative estimate of drug-likeness (QED) is 0.891. The van der Waals surface area contributed by atoms with Crippen LogP contribution in [0.3, 0.4) is 0 Å². The van der Waals surface area contributed by atoms with Crippen molar-refractivity contribution in [2.24, 2.45) is 16.6 Å². The smallest absolute Gasteiger partial charge is 0.154 e. The number of rotatable bonds is 2. The van der Waals surface area contributed by atoms with Crippen LogP contribution in [0.25, 0.3) is 11.1 Å². The Morgan fingerprint density at radius 3 is 3.00 bits per heavy atom. The molecule has 0 radical (unpaired) electrons. The lowest BCUT2D eigenvalue weighted by atomic mass is 9.80. The fourth-order valence-electron chi connectivity index (χ4n) is 3.95. The molecule has 1 aliphatic carbocycles. The van der Waals surface area contributed by atoms with Gasteiger partial charge < -0.3 is 5.73 Å². The number of hydrogen-bond acceptors (Lipinski definition) is 5. The normalized spacial score (nSPS) is 25.1. The largest absolute Gasteiger partial charge is 0.379 e. The summed E-state index contributed by atoms with van der Waals surface area (Å²) < 4.78 is 14.8. The SMILES string of the molecule is N#Cc1cncc(-c2ccc(F)c(C34CCCC3CSC(N)=N4)c2)c1. The minimum absolute atomic E-state index is 0.247. The molecular weight excluding hydrogens is 335 g/mol. The lowest BCUT2D eigenvalue weighted by molar-refractivity contribution is 0.341. The van der Waals surface area contributed by atoms with E-state index < -0.39 is 5.54 Å². The third kappa shape index (κ3) is 2.69. The van der Waals surface area contributed by atoms with Gasteiger partial charge in [0.2, 0.25) is 0 Å². The minimum Gasteiger partial charge on any atom is -0.379 e. The molecule has 1 aromatic heterocycles. The van der Waals surface area contributed by atoms with Gasteiger partial charge in [-0.25, -0.2) is 4.39 Å². The Balaban J connectivity index is 1.86. The van der Waals surface area contributed by atoms with Crippen molar-refractivity contribution in [3.05, 3.63) is 53.6 Å². The first-order chi connectivity index (χ1) is 12.1. The Morgan fingerprint density at radius 1 is 1.28 bits per heavy atom. The van der Waals surface area contributed by atoms with Crippen molar-refractivity contribution in [1.29, 1.82) is 5.26 Å². The second-order valence-corrected chi connectivity index (χ2v) is 7.58. The Morgan fingerprint density at radius 2 is 2.16 bits per heavy atom. The summed E-state index contributed by atoms with van der Waals surface area (Å²) in [5, 5.41) is 9.62. The van der Waals surface area contributed by atoms with Crippen LogP contribution in [-0.4, -0.2) is 15.9 Å². The fourth-order valence-corrected chi connectivity index (χ4v) is 5.00. The zero-order chi connectivity index (χ0) is 17.4. The maximum Gasteiger partial charge on any atom is 0.154 e. The van der Waals surface area contributed by atoms with Crippen molar-refractivity contribution in [3.63, 3.8) is 0 Å². The Bertz CT molecular complexity index is 905. The molecule has 1 aliphatic heterocycles. The Hall–Kier alpha value is -2.39. The van der Waals surface area contributed by atoms with Crippen molar-refractivity contribution >= 4 is 16.9 Å². The molecule has 4 nitrogen and oxygen atoms in total. The molecule has 0 amide bonds. The molecular formula is C19H17FN4S. The molecule has 6 heteroatoms. The highest BCUT2D eigenvalue weighted by Crippen LogP contribution is 2.51. The van der Waals surface area contributed by atoms with Crippen molar-refractivity contribution in [3.8, 4) is 17.2 Å². The highest BCUT2D eigenvalue weighted by molar-refractivity contribution is 8.13. The summed E-state index contributed by atoms with van der Waals surface area (Å²) in [5.74, 6) is 0.936. The highest BCUT2D eigenvalue weighted by atomic mass is 32.2. The van der Waals surface area contributed by atoms with Gasteiger partial charge in [0, 0.05) is 29.3 Å². The molecule has 2 atom stereocenters. The highest BCUT2D eigenvalue weighted by Gasteiger charge is 2.48. The van der Waals surface area contributed by atoms with E-state index in [1.54, 1.807) is 30.1 Å². The summed E-state index contributed by atoms with van der Waals surface area (Å²) in [5.41, 5.74) is 8.17. The number of thioether (sulfide) groups is 1. The van der Waals surface area contributed by atoms with E-state index in [1.165, 1.54) is 12.3 Å². The number of fused-ring (bicyclic) bond motifs is 1. The molecule has 4 rings (SSSR count). The van der Waals surface area contributed by atoms with Gasteiger partial charge in [-0.1, -0.05) is 24.2 Å². The van der Waals surface area contributed by atoms with Crippen molar-refractivity contribution in [2.45, 2.75) is 24.8 Å². The van der Waals surface area contributed by atoms with Crippen LogP contribution in [0.1, 0.15) is 30.4 Å². The molecule has 1 fully saturated rings. The zero-order valence-electron chi connectivity index (χ0n) is 13.6. The number of nitriles is 1. The second-order valence-electron chi connectivity index (χ2n) is 6.54.